The maximum Gasteiger partial charge on any atom is 0.353 e. The van der Waals surface area contributed by atoms with Gasteiger partial charge >= 0.3 is 11.7 Å². The maximum atomic E-state index is 12.0. The van der Waals surface area contributed by atoms with E-state index in [1.54, 1.807) is 31.4 Å². The van der Waals surface area contributed by atoms with Gasteiger partial charge in [0, 0.05) is 25.9 Å². The predicted octanol–water partition coefficient (Wildman–Crippen LogP) is 3.39. The van der Waals surface area contributed by atoms with Crippen LogP contribution in [0.1, 0.15) is 30.6 Å². The van der Waals surface area contributed by atoms with Gasteiger partial charge in [0.15, 0.2) is 0 Å². The van der Waals surface area contributed by atoms with Crippen LogP contribution in [0.4, 0.5) is 23.0 Å². The molecule has 1 heterocycles. The summed E-state index contributed by atoms with van der Waals surface area (Å²) in [4.78, 5) is 30.9. The van der Waals surface area contributed by atoms with Gasteiger partial charge in [-0.3, -0.25) is 10.1 Å². The van der Waals surface area contributed by atoms with Crippen LogP contribution >= 0.6 is 0 Å². The first kappa shape index (κ1) is 22.0. The number of hydrogen-bond donors (Lipinski definition) is 2. The number of anilines is 3. The molecule has 2 N–H and O–H groups in total. The number of ether oxygens (including phenoxy) is 2. The van der Waals surface area contributed by atoms with Crippen molar-refractivity contribution in [1.29, 1.82) is 0 Å². The molecule has 29 heavy (non-hydrogen) atoms. The summed E-state index contributed by atoms with van der Waals surface area (Å²) in [6, 6.07) is 6.43. The van der Waals surface area contributed by atoms with Crippen LogP contribution in [-0.2, 0) is 9.47 Å². The summed E-state index contributed by atoms with van der Waals surface area (Å²) >= 11 is 0. The molecule has 0 bridgehead atoms. The Hall–Kier alpha value is -3.27. The molecule has 2 aromatic rings. The van der Waals surface area contributed by atoms with Gasteiger partial charge in [0.1, 0.15) is 6.33 Å². The molecule has 0 radical (unpaired) electrons. The van der Waals surface area contributed by atoms with E-state index in [0.717, 1.165) is 0 Å². The van der Waals surface area contributed by atoms with Gasteiger partial charge in [-0.15, -0.1) is 0 Å². The van der Waals surface area contributed by atoms with Crippen LogP contribution in [0.5, 0.6) is 0 Å². The number of nitro groups is 1. The number of aromatic nitrogens is 2. The SMILES string of the molecule is COCCCNc1ncnc(Nc2ccc(C(=O)OCC(C)C)cc2)c1[N+](=O)[O-]. The second-order valence-electron chi connectivity index (χ2n) is 6.64. The van der Waals surface area contributed by atoms with Gasteiger partial charge in [0.05, 0.1) is 17.1 Å². The molecule has 2 rings (SSSR count). The molecule has 0 aliphatic rings. The number of benzene rings is 1. The van der Waals surface area contributed by atoms with Crippen molar-refractivity contribution in [3.05, 3.63) is 46.3 Å². The Kier molecular flexibility index (Phi) is 8.28. The molecule has 1 aromatic heterocycles. The number of carbonyl (C=O) groups excluding carboxylic acids is 1. The highest BCUT2D eigenvalue weighted by atomic mass is 16.6. The lowest BCUT2D eigenvalue weighted by molar-refractivity contribution is -0.383. The third kappa shape index (κ3) is 6.68. The minimum Gasteiger partial charge on any atom is -0.462 e. The number of esters is 1. The Balaban J connectivity index is 2.12. The van der Waals surface area contributed by atoms with Crippen LogP contribution in [0.15, 0.2) is 30.6 Å². The van der Waals surface area contributed by atoms with E-state index in [9.17, 15) is 14.9 Å². The largest absolute Gasteiger partial charge is 0.462 e. The zero-order valence-electron chi connectivity index (χ0n) is 16.7. The summed E-state index contributed by atoms with van der Waals surface area (Å²) in [7, 11) is 1.59. The molecule has 10 heteroatoms. The zero-order valence-corrected chi connectivity index (χ0v) is 16.7. The average molecular weight is 403 g/mol. The number of methoxy groups -OCH3 is 1. The summed E-state index contributed by atoms with van der Waals surface area (Å²) in [6.07, 6.45) is 1.92. The molecule has 0 aliphatic heterocycles. The number of nitrogens with zero attached hydrogens (tertiary/aromatic N) is 3. The van der Waals surface area contributed by atoms with Gasteiger partial charge in [-0.05, 0) is 36.6 Å². The van der Waals surface area contributed by atoms with Crippen molar-refractivity contribution < 1.29 is 19.2 Å². The van der Waals surface area contributed by atoms with E-state index in [4.69, 9.17) is 9.47 Å². The third-order valence-corrected chi connectivity index (χ3v) is 3.75. The zero-order chi connectivity index (χ0) is 21.2. The minimum absolute atomic E-state index is 0.0503. The van der Waals surface area contributed by atoms with E-state index >= 15 is 0 Å². The van der Waals surface area contributed by atoms with Crippen molar-refractivity contribution >= 4 is 29.0 Å². The lowest BCUT2D eigenvalue weighted by Crippen LogP contribution is -2.11. The number of nitrogens with one attached hydrogen (secondary N) is 2. The Bertz CT molecular complexity index is 826. The van der Waals surface area contributed by atoms with Crippen LogP contribution < -0.4 is 10.6 Å². The van der Waals surface area contributed by atoms with Crippen molar-refractivity contribution in [1.82, 2.24) is 9.97 Å². The van der Waals surface area contributed by atoms with Gasteiger partial charge in [-0.2, -0.15) is 0 Å². The molecule has 0 saturated heterocycles. The van der Waals surface area contributed by atoms with Gasteiger partial charge < -0.3 is 20.1 Å². The summed E-state index contributed by atoms with van der Waals surface area (Å²) in [5.41, 5.74) is 0.678. The minimum atomic E-state index is -0.543. The summed E-state index contributed by atoms with van der Waals surface area (Å²) < 4.78 is 10.1. The summed E-state index contributed by atoms with van der Waals surface area (Å²) in [5, 5.41) is 17.4. The first-order valence-corrected chi connectivity index (χ1v) is 9.18. The molecular weight excluding hydrogens is 378 g/mol. The molecule has 10 nitrogen and oxygen atoms in total. The fraction of sp³-hybridized carbons (Fsp3) is 0.421. The molecular formula is C19H25N5O5. The molecule has 0 atom stereocenters. The standard InChI is InChI=1S/C19H25N5O5/c1-13(2)11-29-19(25)14-5-7-15(8-6-14)23-18-16(24(26)27)17(21-12-22-18)20-9-4-10-28-3/h5-8,12-13H,4,9-11H2,1-3H3,(H2,20,21,22,23). The molecule has 1 aromatic carbocycles. The van der Waals surface area contributed by atoms with Crippen LogP contribution in [0.2, 0.25) is 0 Å². The van der Waals surface area contributed by atoms with Crippen LogP contribution in [-0.4, -0.2) is 47.7 Å². The molecule has 0 aliphatic carbocycles. The molecule has 0 spiro atoms. The highest BCUT2D eigenvalue weighted by molar-refractivity contribution is 5.90. The third-order valence-electron chi connectivity index (χ3n) is 3.75. The van der Waals surface area contributed by atoms with E-state index in [1.807, 2.05) is 13.8 Å². The molecule has 0 fully saturated rings. The van der Waals surface area contributed by atoms with Gasteiger partial charge in [-0.25, -0.2) is 14.8 Å². The van der Waals surface area contributed by atoms with E-state index in [2.05, 4.69) is 20.6 Å². The summed E-state index contributed by atoms with van der Waals surface area (Å²) in [6.45, 7) is 5.25. The van der Waals surface area contributed by atoms with Crippen LogP contribution in [0, 0.1) is 16.0 Å². The van der Waals surface area contributed by atoms with E-state index in [-0.39, 0.29) is 23.2 Å². The van der Waals surface area contributed by atoms with Gasteiger partial charge in [-0.1, -0.05) is 13.8 Å². The second kappa shape index (κ2) is 10.9. The first-order chi connectivity index (χ1) is 13.9. The molecule has 0 amide bonds. The van der Waals surface area contributed by atoms with Crippen molar-refractivity contribution in [2.24, 2.45) is 5.92 Å². The maximum absolute atomic E-state index is 12.0. The smallest absolute Gasteiger partial charge is 0.353 e. The van der Waals surface area contributed by atoms with Gasteiger partial charge in [0.2, 0.25) is 11.6 Å². The number of rotatable bonds is 11. The average Bonchev–Trinajstić information content (AvgIpc) is 2.70. The van der Waals surface area contributed by atoms with Crippen molar-refractivity contribution in [2.45, 2.75) is 20.3 Å². The van der Waals surface area contributed by atoms with Crippen LogP contribution in [0.25, 0.3) is 0 Å². The Morgan fingerprint density at radius 1 is 1.21 bits per heavy atom. The normalized spacial score (nSPS) is 10.6. The fourth-order valence-electron chi connectivity index (χ4n) is 2.35. The highest BCUT2D eigenvalue weighted by Gasteiger charge is 2.23. The Morgan fingerprint density at radius 3 is 2.52 bits per heavy atom. The van der Waals surface area contributed by atoms with E-state index in [0.29, 0.717) is 37.4 Å². The van der Waals surface area contributed by atoms with Crippen molar-refractivity contribution in [2.75, 3.05) is 37.5 Å². The lowest BCUT2D eigenvalue weighted by atomic mass is 10.2. The van der Waals surface area contributed by atoms with Crippen molar-refractivity contribution in [3.8, 4) is 0 Å². The molecule has 156 valence electrons. The van der Waals surface area contributed by atoms with Crippen molar-refractivity contribution in [3.63, 3.8) is 0 Å². The lowest BCUT2D eigenvalue weighted by Gasteiger charge is -2.11. The number of carbonyl (C=O) groups is 1. The Labute approximate surface area is 168 Å². The second-order valence-corrected chi connectivity index (χ2v) is 6.64. The Morgan fingerprint density at radius 2 is 1.90 bits per heavy atom. The summed E-state index contributed by atoms with van der Waals surface area (Å²) in [5.74, 6) is 0.00295. The quantitative estimate of drug-likeness (QED) is 0.251. The fourth-order valence-corrected chi connectivity index (χ4v) is 2.35. The number of hydrogen-bond acceptors (Lipinski definition) is 9. The van der Waals surface area contributed by atoms with Crippen LogP contribution in [0.3, 0.4) is 0 Å². The first-order valence-electron chi connectivity index (χ1n) is 9.18. The predicted molar refractivity (Wildman–Crippen MR) is 109 cm³/mol. The van der Waals surface area contributed by atoms with Gasteiger partial charge in [0.25, 0.3) is 0 Å². The highest BCUT2D eigenvalue weighted by Crippen LogP contribution is 2.31. The molecule has 0 saturated carbocycles. The monoisotopic (exact) mass is 403 g/mol. The van der Waals surface area contributed by atoms with E-state index < -0.39 is 10.9 Å². The topological polar surface area (TPSA) is 129 Å². The molecule has 0 unspecified atom stereocenters. The van der Waals surface area contributed by atoms with E-state index in [1.165, 1.54) is 6.33 Å².